The molecule has 1 aliphatic rings. The molecule has 1 aliphatic heterocycles. The van der Waals surface area contributed by atoms with Gasteiger partial charge >= 0.3 is 5.97 Å². The molecule has 0 aromatic heterocycles. The third kappa shape index (κ3) is 9.69. The van der Waals surface area contributed by atoms with Crippen molar-refractivity contribution in [1.29, 1.82) is 0 Å². The quantitative estimate of drug-likeness (QED) is 0.207. The Morgan fingerprint density at radius 1 is 0.625 bits per heavy atom. The van der Waals surface area contributed by atoms with Crippen LogP contribution >= 0.6 is 0 Å². The summed E-state index contributed by atoms with van der Waals surface area (Å²) in [6.07, 6.45) is 22.6. The maximum atomic E-state index is 11.6. The lowest BCUT2D eigenvalue weighted by Gasteiger charge is -2.35. The molecule has 2 atom stereocenters. The van der Waals surface area contributed by atoms with E-state index >= 15 is 0 Å². The van der Waals surface area contributed by atoms with E-state index in [2.05, 4.69) is 13.8 Å². The SMILES string of the molecule is CCCCCCCCCCCCCC1OC(=O)C1CCCCCC. The second kappa shape index (κ2) is 14.8. The van der Waals surface area contributed by atoms with Crippen LogP contribution < -0.4 is 0 Å². The summed E-state index contributed by atoms with van der Waals surface area (Å²) < 4.78 is 5.36. The molecule has 0 amide bonds. The summed E-state index contributed by atoms with van der Waals surface area (Å²) in [7, 11) is 0. The van der Waals surface area contributed by atoms with Gasteiger partial charge in [-0.25, -0.2) is 0 Å². The van der Waals surface area contributed by atoms with Gasteiger partial charge in [-0.15, -0.1) is 0 Å². The van der Waals surface area contributed by atoms with Crippen LogP contribution in [0.25, 0.3) is 0 Å². The summed E-state index contributed by atoms with van der Waals surface area (Å²) in [5.41, 5.74) is 0. The van der Waals surface area contributed by atoms with E-state index in [0.29, 0.717) is 0 Å². The van der Waals surface area contributed by atoms with Gasteiger partial charge < -0.3 is 4.74 Å². The fraction of sp³-hybridized carbons (Fsp3) is 0.955. The van der Waals surface area contributed by atoms with Crippen molar-refractivity contribution < 1.29 is 9.53 Å². The summed E-state index contributed by atoms with van der Waals surface area (Å²) in [6.45, 7) is 4.51. The number of rotatable bonds is 17. The van der Waals surface area contributed by atoms with Crippen molar-refractivity contribution in [1.82, 2.24) is 0 Å². The van der Waals surface area contributed by atoms with Crippen LogP contribution in [-0.2, 0) is 9.53 Å². The summed E-state index contributed by atoms with van der Waals surface area (Å²) in [5, 5.41) is 0. The first-order valence-corrected chi connectivity index (χ1v) is 11.0. The Morgan fingerprint density at radius 2 is 1.04 bits per heavy atom. The Labute approximate surface area is 151 Å². The van der Waals surface area contributed by atoms with Gasteiger partial charge in [0.15, 0.2) is 0 Å². The Bertz CT molecular complexity index is 300. The van der Waals surface area contributed by atoms with Crippen LogP contribution in [-0.4, -0.2) is 12.1 Å². The highest BCUT2D eigenvalue weighted by Crippen LogP contribution is 2.31. The van der Waals surface area contributed by atoms with E-state index in [-0.39, 0.29) is 18.0 Å². The number of ether oxygens (including phenoxy) is 1. The standard InChI is InChI=1S/C22H42O2/c1-3-5-7-9-10-11-12-13-14-15-17-19-21-20(22(23)24-21)18-16-8-6-4-2/h20-21H,3-19H2,1-2H3. The number of carbonyl (C=O) groups is 1. The van der Waals surface area contributed by atoms with Crippen molar-refractivity contribution >= 4 is 5.97 Å². The van der Waals surface area contributed by atoms with Crippen molar-refractivity contribution in [2.45, 2.75) is 129 Å². The molecule has 0 aromatic rings. The van der Waals surface area contributed by atoms with Gasteiger partial charge in [0, 0.05) is 0 Å². The number of esters is 1. The lowest BCUT2D eigenvalue weighted by molar-refractivity contribution is -0.186. The smallest absolute Gasteiger partial charge is 0.313 e. The van der Waals surface area contributed by atoms with Crippen molar-refractivity contribution in [2.75, 3.05) is 0 Å². The molecule has 2 heteroatoms. The Morgan fingerprint density at radius 3 is 1.54 bits per heavy atom. The highest BCUT2D eigenvalue weighted by molar-refractivity contribution is 5.78. The largest absolute Gasteiger partial charge is 0.461 e. The van der Waals surface area contributed by atoms with Gasteiger partial charge in [-0.05, 0) is 19.3 Å². The number of hydrogen-bond acceptors (Lipinski definition) is 2. The number of hydrogen-bond donors (Lipinski definition) is 0. The fourth-order valence-electron chi connectivity index (χ4n) is 3.76. The Balaban J connectivity index is 1.87. The maximum absolute atomic E-state index is 11.6. The first kappa shape index (κ1) is 21.5. The van der Waals surface area contributed by atoms with Crippen LogP contribution in [0.5, 0.6) is 0 Å². The number of cyclic esters (lactones) is 1. The minimum absolute atomic E-state index is 0.0690. The zero-order valence-corrected chi connectivity index (χ0v) is 16.5. The molecule has 24 heavy (non-hydrogen) atoms. The Kier molecular flexibility index (Phi) is 13.3. The molecule has 142 valence electrons. The van der Waals surface area contributed by atoms with Gasteiger partial charge in [0.05, 0.1) is 5.92 Å². The van der Waals surface area contributed by atoms with Gasteiger partial charge in [0.1, 0.15) is 6.10 Å². The first-order valence-electron chi connectivity index (χ1n) is 11.0. The predicted octanol–water partition coefficient (Wildman–Crippen LogP) is 7.20. The molecule has 1 fully saturated rings. The lowest BCUT2D eigenvalue weighted by atomic mass is 9.87. The fourth-order valence-corrected chi connectivity index (χ4v) is 3.76. The van der Waals surface area contributed by atoms with Crippen LogP contribution in [0, 0.1) is 5.92 Å². The average Bonchev–Trinajstić information content (AvgIpc) is 2.58. The van der Waals surface area contributed by atoms with Crippen molar-refractivity contribution in [2.24, 2.45) is 5.92 Å². The summed E-state index contributed by atoms with van der Waals surface area (Å²) in [5.74, 6) is 0.296. The van der Waals surface area contributed by atoms with Crippen LogP contribution in [0.4, 0.5) is 0 Å². The zero-order chi connectivity index (χ0) is 17.5. The number of carbonyl (C=O) groups excluding carboxylic acids is 1. The molecule has 0 bridgehead atoms. The van der Waals surface area contributed by atoms with E-state index in [1.165, 1.54) is 96.3 Å². The highest BCUT2D eigenvalue weighted by atomic mass is 16.6. The minimum atomic E-state index is 0.0690. The third-order valence-corrected chi connectivity index (χ3v) is 5.48. The molecule has 1 heterocycles. The lowest BCUT2D eigenvalue weighted by Crippen LogP contribution is -2.44. The van der Waals surface area contributed by atoms with E-state index < -0.39 is 0 Å². The molecule has 0 saturated carbocycles. The van der Waals surface area contributed by atoms with Crippen LogP contribution in [0.3, 0.4) is 0 Å². The molecule has 0 radical (unpaired) electrons. The molecule has 0 aliphatic carbocycles. The summed E-state index contributed by atoms with van der Waals surface area (Å²) in [6, 6.07) is 0. The molecular weight excluding hydrogens is 296 g/mol. The first-order chi connectivity index (χ1) is 11.8. The number of unbranched alkanes of at least 4 members (excludes halogenated alkanes) is 13. The molecular formula is C22H42O2. The van der Waals surface area contributed by atoms with Gasteiger partial charge in [-0.3, -0.25) is 4.79 Å². The van der Waals surface area contributed by atoms with E-state index in [9.17, 15) is 4.79 Å². The second-order valence-corrected chi connectivity index (χ2v) is 7.76. The zero-order valence-electron chi connectivity index (χ0n) is 16.5. The topological polar surface area (TPSA) is 26.3 Å². The van der Waals surface area contributed by atoms with Crippen molar-refractivity contribution in [3.05, 3.63) is 0 Å². The van der Waals surface area contributed by atoms with E-state index in [1.54, 1.807) is 0 Å². The molecule has 0 aromatic carbocycles. The average molecular weight is 339 g/mol. The van der Waals surface area contributed by atoms with Crippen LogP contribution in [0.15, 0.2) is 0 Å². The molecule has 2 nitrogen and oxygen atoms in total. The molecule has 1 rings (SSSR count). The summed E-state index contributed by atoms with van der Waals surface area (Å²) >= 11 is 0. The third-order valence-electron chi connectivity index (χ3n) is 5.48. The monoisotopic (exact) mass is 338 g/mol. The van der Waals surface area contributed by atoms with Gasteiger partial charge in [-0.2, -0.15) is 0 Å². The Hall–Kier alpha value is -0.530. The minimum Gasteiger partial charge on any atom is -0.461 e. The maximum Gasteiger partial charge on any atom is 0.313 e. The van der Waals surface area contributed by atoms with Gasteiger partial charge in [-0.1, -0.05) is 104 Å². The van der Waals surface area contributed by atoms with Gasteiger partial charge in [0.25, 0.3) is 0 Å². The molecule has 1 saturated heterocycles. The van der Waals surface area contributed by atoms with Crippen molar-refractivity contribution in [3.63, 3.8) is 0 Å². The van der Waals surface area contributed by atoms with Crippen molar-refractivity contribution in [3.8, 4) is 0 Å². The van der Waals surface area contributed by atoms with Gasteiger partial charge in [0.2, 0.25) is 0 Å². The van der Waals surface area contributed by atoms with Crippen LogP contribution in [0.2, 0.25) is 0 Å². The van der Waals surface area contributed by atoms with E-state index in [4.69, 9.17) is 4.74 Å². The van der Waals surface area contributed by atoms with E-state index in [0.717, 1.165) is 12.8 Å². The summed E-state index contributed by atoms with van der Waals surface area (Å²) in [4.78, 5) is 11.6. The predicted molar refractivity (Wildman–Crippen MR) is 103 cm³/mol. The molecule has 2 unspecified atom stereocenters. The normalized spacial score (nSPS) is 20.0. The molecule has 0 N–H and O–H groups in total. The second-order valence-electron chi connectivity index (χ2n) is 7.76. The van der Waals surface area contributed by atoms with E-state index in [1.807, 2.05) is 0 Å². The van der Waals surface area contributed by atoms with Crippen LogP contribution in [0.1, 0.15) is 123 Å². The highest BCUT2D eigenvalue weighted by Gasteiger charge is 2.40. The molecule has 0 spiro atoms.